The molecule has 3 amide bonds. The Bertz CT molecular complexity index is 948. The summed E-state index contributed by atoms with van der Waals surface area (Å²) in [4.78, 5) is 37.3. The van der Waals surface area contributed by atoms with E-state index in [2.05, 4.69) is 16.2 Å². The molecule has 1 aliphatic heterocycles. The quantitative estimate of drug-likeness (QED) is 0.666. The fourth-order valence-corrected chi connectivity index (χ4v) is 3.44. The molecule has 154 valence electrons. The molecule has 1 aliphatic rings. The van der Waals surface area contributed by atoms with Gasteiger partial charge in [-0.2, -0.15) is 0 Å². The van der Waals surface area contributed by atoms with Crippen molar-refractivity contribution in [2.45, 2.75) is 33.8 Å². The Morgan fingerprint density at radius 3 is 2.48 bits per heavy atom. The molecule has 1 aromatic heterocycles. The maximum atomic E-state index is 12.4. The SMILES string of the molecule is Cc1cc(NC(=O)C(C)(C)C)sc1C(=O)NNC(=O)C1COc2ccccc2O1. The number of carbonyl (C=O) groups is 3. The molecule has 1 atom stereocenters. The van der Waals surface area contributed by atoms with E-state index >= 15 is 0 Å². The van der Waals surface area contributed by atoms with Crippen LogP contribution in [-0.4, -0.2) is 30.4 Å². The van der Waals surface area contributed by atoms with Crippen LogP contribution in [0, 0.1) is 12.3 Å². The van der Waals surface area contributed by atoms with Crippen LogP contribution in [0.3, 0.4) is 0 Å². The molecule has 0 saturated carbocycles. The highest BCUT2D eigenvalue weighted by atomic mass is 32.1. The Morgan fingerprint density at radius 1 is 1.10 bits per heavy atom. The van der Waals surface area contributed by atoms with Gasteiger partial charge in [-0.3, -0.25) is 25.2 Å². The molecule has 0 spiro atoms. The third kappa shape index (κ3) is 4.86. The number of rotatable bonds is 3. The summed E-state index contributed by atoms with van der Waals surface area (Å²) in [6, 6.07) is 8.76. The number of hydrogen-bond acceptors (Lipinski definition) is 6. The average molecular weight is 417 g/mol. The molecule has 2 aromatic rings. The van der Waals surface area contributed by atoms with Gasteiger partial charge in [-0.15, -0.1) is 11.3 Å². The summed E-state index contributed by atoms with van der Waals surface area (Å²) in [6.07, 6.45) is -0.878. The second-order valence-corrected chi connectivity index (χ2v) is 8.69. The smallest absolute Gasteiger partial charge is 0.283 e. The number of ether oxygens (including phenoxy) is 2. The fraction of sp³-hybridized carbons (Fsp3) is 0.350. The number of fused-ring (bicyclic) bond motifs is 1. The van der Waals surface area contributed by atoms with Crippen LogP contribution in [0.2, 0.25) is 0 Å². The van der Waals surface area contributed by atoms with E-state index in [1.165, 1.54) is 0 Å². The zero-order chi connectivity index (χ0) is 21.2. The van der Waals surface area contributed by atoms with Crippen LogP contribution in [0.15, 0.2) is 30.3 Å². The van der Waals surface area contributed by atoms with Crippen LogP contribution in [0.25, 0.3) is 0 Å². The Morgan fingerprint density at radius 2 is 1.79 bits per heavy atom. The molecule has 3 N–H and O–H groups in total. The average Bonchev–Trinajstić information content (AvgIpc) is 3.04. The minimum absolute atomic E-state index is 0.0414. The number of hydrazine groups is 1. The van der Waals surface area contributed by atoms with Crippen molar-refractivity contribution in [1.82, 2.24) is 10.9 Å². The van der Waals surface area contributed by atoms with Gasteiger partial charge in [0, 0.05) is 5.41 Å². The van der Waals surface area contributed by atoms with E-state index in [-0.39, 0.29) is 12.5 Å². The largest absolute Gasteiger partial charge is 0.485 e. The highest BCUT2D eigenvalue weighted by molar-refractivity contribution is 7.18. The molecule has 0 bridgehead atoms. The number of para-hydroxylation sites is 2. The third-order valence-electron chi connectivity index (χ3n) is 4.14. The molecule has 1 aromatic carbocycles. The minimum Gasteiger partial charge on any atom is -0.485 e. The molecule has 0 saturated heterocycles. The van der Waals surface area contributed by atoms with Crippen molar-refractivity contribution in [3.05, 3.63) is 40.8 Å². The first-order chi connectivity index (χ1) is 13.6. The van der Waals surface area contributed by atoms with E-state index in [0.717, 1.165) is 11.3 Å². The van der Waals surface area contributed by atoms with Gasteiger partial charge in [0.1, 0.15) is 6.61 Å². The Labute approximate surface area is 172 Å². The highest BCUT2D eigenvalue weighted by Crippen LogP contribution is 2.31. The predicted molar refractivity (Wildman–Crippen MR) is 109 cm³/mol. The van der Waals surface area contributed by atoms with Crippen LogP contribution in [-0.2, 0) is 9.59 Å². The molecule has 2 heterocycles. The number of nitrogens with one attached hydrogen (secondary N) is 3. The van der Waals surface area contributed by atoms with Crippen LogP contribution in [0.5, 0.6) is 11.5 Å². The number of aryl methyl sites for hydroxylation is 1. The molecular weight excluding hydrogens is 394 g/mol. The first-order valence-electron chi connectivity index (χ1n) is 9.05. The molecule has 0 fully saturated rings. The summed E-state index contributed by atoms with van der Waals surface area (Å²) in [6.45, 7) is 7.22. The lowest BCUT2D eigenvalue weighted by Gasteiger charge is -2.25. The lowest BCUT2D eigenvalue weighted by atomic mass is 9.96. The monoisotopic (exact) mass is 417 g/mol. The minimum atomic E-state index is -0.878. The Balaban J connectivity index is 1.57. The first-order valence-corrected chi connectivity index (χ1v) is 9.87. The van der Waals surface area contributed by atoms with E-state index in [1.54, 1.807) is 52.0 Å². The maximum absolute atomic E-state index is 12.4. The van der Waals surface area contributed by atoms with Crippen molar-refractivity contribution >= 4 is 34.1 Å². The van der Waals surface area contributed by atoms with Crippen molar-refractivity contribution in [2.75, 3.05) is 11.9 Å². The zero-order valence-electron chi connectivity index (χ0n) is 16.6. The Kier molecular flexibility index (Phi) is 5.78. The van der Waals surface area contributed by atoms with Crippen molar-refractivity contribution in [1.29, 1.82) is 0 Å². The van der Waals surface area contributed by atoms with Gasteiger partial charge in [0.15, 0.2) is 11.5 Å². The summed E-state index contributed by atoms with van der Waals surface area (Å²) in [5.41, 5.74) is 4.89. The number of anilines is 1. The van der Waals surface area contributed by atoms with E-state index in [0.29, 0.717) is 26.9 Å². The number of carbonyl (C=O) groups excluding carboxylic acids is 3. The summed E-state index contributed by atoms with van der Waals surface area (Å²) < 4.78 is 11.1. The lowest BCUT2D eigenvalue weighted by molar-refractivity contribution is -0.131. The standard InChI is InChI=1S/C20H23N3O5S/c1-11-9-15(21-19(26)20(2,3)4)29-16(11)18(25)23-22-17(24)14-10-27-12-7-5-6-8-13(12)28-14/h5-9,14H,10H2,1-4H3,(H,21,26)(H,22,24)(H,23,25). The van der Waals surface area contributed by atoms with Gasteiger partial charge in [0.2, 0.25) is 12.0 Å². The molecule has 9 heteroatoms. The molecule has 1 unspecified atom stereocenters. The van der Waals surface area contributed by atoms with Crippen molar-refractivity contribution in [3.8, 4) is 11.5 Å². The Hall–Kier alpha value is -3.07. The van der Waals surface area contributed by atoms with E-state index in [9.17, 15) is 14.4 Å². The van der Waals surface area contributed by atoms with Crippen LogP contribution in [0.1, 0.15) is 36.0 Å². The number of thiophene rings is 1. The van der Waals surface area contributed by atoms with Gasteiger partial charge in [-0.25, -0.2) is 0 Å². The topological polar surface area (TPSA) is 106 Å². The van der Waals surface area contributed by atoms with Crippen molar-refractivity contribution in [2.24, 2.45) is 5.41 Å². The highest BCUT2D eigenvalue weighted by Gasteiger charge is 2.28. The molecular formula is C20H23N3O5S. The van der Waals surface area contributed by atoms with Gasteiger partial charge >= 0.3 is 0 Å². The summed E-state index contributed by atoms with van der Waals surface area (Å²) >= 11 is 1.14. The second kappa shape index (κ2) is 8.12. The lowest BCUT2D eigenvalue weighted by Crippen LogP contribution is -2.50. The van der Waals surface area contributed by atoms with Gasteiger partial charge < -0.3 is 14.8 Å². The van der Waals surface area contributed by atoms with Gasteiger partial charge in [-0.05, 0) is 30.7 Å². The van der Waals surface area contributed by atoms with Crippen molar-refractivity contribution < 1.29 is 23.9 Å². The predicted octanol–water partition coefficient (Wildman–Crippen LogP) is 2.64. The molecule has 3 rings (SSSR count). The summed E-state index contributed by atoms with van der Waals surface area (Å²) in [5.74, 6) is -0.107. The van der Waals surface area contributed by atoms with Crippen molar-refractivity contribution in [3.63, 3.8) is 0 Å². The fourth-order valence-electron chi connectivity index (χ4n) is 2.47. The van der Waals surface area contributed by atoms with Gasteiger partial charge in [0.05, 0.1) is 9.88 Å². The normalized spacial score (nSPS) is 15.4. The van der Waals surface area contributed by atoms with E-state index in [1.807, 2.05) is 6.07 Å². The van der Waals surface area contributed by atoms with E-state index in [4.69, 9.17) is 9.47 Å². The van der Waals surface area contributed by atoms with Crippen LogP contribution in [0.4, 0.5) is 5.00 Å². The third-order valence-corrected chi connectivity index (χ3v) is 5.29. The zero-order valence-corrected chi connectivity index (χ0v) is 17.4. The molecule has 8 nitrogen and oxygen atoms in total. The first kappa shape index (κ1) is 20.7. The summed E-state index contributed by atoms with van der Waals surface area (Å²) in [5, 5.41) is 3.37. The van der Waals surface area contributed by atoms with Gasteiger partial charge in [0.25, 0.3) is 11.8 Å². The molecule has 29 heavy (non-hydrogen) atoms. The number of hydrogen-bond donors (Lipinski definition) is 3. The van der Waals surface area contributed by atoms with Crippen LogP contribution < -0.4 is 25.6 Å². The van der Waals surface area contributed by atoms with E-state index < -0.39 is 23.3 Å². The maximum Gasteiger partial charge on any atom is 0.283 e. The summed E-state index contributed by atoms with van der Waals surface area (Å²) in [7, 11) is 0. The number of benzene rings is 1. The number of amides is 3. The second-order valence-electron chi connectivity index (χ2n) is 7.63. The molecule has 0 aliphatic carbocycles. The van der Waals surface area contributed by atoms with Crippen LogP contribution >= 0.6 is 11.3 Å². The van der Waals surface area contributed by atoms with Gasteiger partial charge in [-0.1, -0.05) is 32.9 Å². The molecule has 0 radical (unpaired) electrons.